The molecule has 0 atom stereocenters. The van der Waals surface area contributed by atoms with Crippen LogP contribution in [0.1, 0.15) is 29.8 Å². The van der Waals surface area contributed by atoms with Gasteiger partial charge < -0.3 is 9.84 Å². The summed E-state index contributed by atoms with van der Waals surface area (Å²) in [7, 11) is 1.30. The number of phenols is 1. The van der Waals surface area contributed by atoms with E-state index in [1.807, 2.05) is 13.8 Å². The largest absolute Gasteiger partial charge is 0.508 e. The Hall–Kier alpha value is -1.51. The van der Waals surface area contributed by atoms with Crippen LogP contribution in [0.25, 0.3) is 0 Å². The van der Waals surface area contributed by atoms with Crippen molar-refractivity contribution in [3.63, 3.8) is 0 Å². The molecular weight excluding hydrogens is 180 g/mol. The fourth-order valence-electron chi connectivity index (χ4n) is 0.854. The topological polar surface area (TPSA) is 46.5 Å². The lowest BCUT2D eigenvalue weighted by Crippen LogP contribution is -2.00. The molecule has 0 saturated carbocycles. The molecule has 1 aromatic carbocycles. The molecule has 0 aliphatic carbocycles. The van der Waals surface area contributed by atoms with Crippen molar-refractivity contribution in [2.24, 2.45) is 0 Å². The van der Waals surface area contributed by atoms with Gasteiger partial charge in [0.05, 0.1) is 12.7 Å². The Bertz CT molecular complexity index is 305. The first-order valence-electron chi connectivity index (χ1n) is 4.53. The molecule has 14 heavy (non-hydrogen) atoms. The number of hydrogen-bond acceptors (Lipinski definition) is 3. The molecule has 0 aromatic heterocycles. The molecule has 0 aliphatic rings. The van der Waals surface area contributed by atoms with Gasteiger partial charge in [-0.2, -0.15) is 0 Å². The monoisotopic (exact) mass is 196 g/mol. The van der Waals surface area contributed by atoms with Crippen LogP contribution in [0.4, 0.5) is 0 Å². The number of phenolic OH excluding ortho intramolecular Hbond substituents is 1. The number of esters is 1. The maximum absolute atomic E-state index is 10.9. The molecule has 0 heterocycles. The molecule has 0 aliphatic heterocycles. The number of benzene rings is 1. The van der Waals surface area contributed by atoms with E-state index < -0.39 is 5.97 Å². The van der Waals surface area contributed by atoms with E-state index in [1.165, 1.54) is 13.2 Å². The zero-order chi connectivity index (χ0) is 11.1. The van der Waals surface area contributed by atoms with E-state index in [1.54, 1.807) is 19.1 Å². The van der Waals surface area contributed by atoms with Crippen LogP contribution in [0.15, 0.2) is 18.2 Å². The predicted molar refractivity (Wildman–Crippen MR) is 55.5 cm³/mol. The van der Waals surface area contributed by atoms with Crippen molar-refractivity contribution in [2.75, 3.05) is 7.11 Å². The van der Waals surface area contributed by atoms with Crippen LogP contribution in [-0.4, -0.2) is 18.2 Å². The quantitative estimate of drug-likeness (QED) is 0.702. The Labute approximate surface area is 84.3 Å². The molecule has 1 rings (SSSR count). The highest BCUT2D eigenvalue weighted by molar-refractivity contribution is 5.89. The second kappa shape index (κ2) is 6.02. The van der Waals surface area contributed by atoms with E-state index >= 15 is 0 Å². The van der Waals surface area contributed by atoms with Gasteiger partial charge in [0.2, 0.25) is 0 Å². The fourth-order valence-corrected chi connectivity index (χ4v) is 0.854. The maximum Gasteiger partial charge on any atom is 0.337 e. The van der Waals surface area contributed by atoms with Crippen LogP contribution in [0.5, 0.6) is 5.75 Å². The summed E-state index contributed by atoms with van der Waals surface area (Å²) >= 11 is 0. The number of methoxy groups -OCH3 is 1. The summed E-state index contributed by atoms with van der Waals surface area (Å²) in [5, 5.41) is 9.24. The summed E-state index contributed by atoms with van der Waals surface area (Å²) in [6, 6.07) is 4.67. The number of rotatable bonds is 1. The first-order valence-corrected chi connectivity index (χ1v) is 4.53. The molecule has 78 valence electrons. The van der Waals surface area contributed by atoms with Gasteiger partial charge in [-0.25, -0.2) is 4.79 Å². The summed E-state index contributed by atoms with van der Waals surface area (Å²) in [5.41, 5.74) is 1.10. The highest BCUT2D eigenvalue weighted by atomic mass is 16.5. The minimum atomic E-state index is -0.440. The number of aryl methyl sites for hydroxylation is 1. The second-order valence-corrected chi connectivity index (χ2v) is 2.49. The highest BCUT2D eigenvalue weighted by Gasteiger charge is 2.06. The Kier molecular flexibility index (Phi) is 5.37. The van der Waals surface area contributed by atoms with Crippen LogP contribution in [0, 0.1) is 6.92 Å². The predicted octanol–water partition coefficient (Wildman–Crippen LogP) is 2.51. The lowest BCUT2D eigenvalue weighted by atomic mass is 10.1. The lowest BCUT2D eigenvalue weighted by molar-refractivity contribution is 0.0600. The summed E-state index contributed by atoms with van der Waals surface area (Å²) < 4.78 is 4.48. The molecule has 1 aromatic rings. The summed E-state index contributed by atoms with van der Waals surface area (Å²) in [5.74, 6) is -0.330. The van der Waals surface area contributed by atoms with Gasteiger partial charge >= 0.3 is 5.97 Å². The Balaban J connectivity index is 0.000000791. The normalized spacial score (nSPS) is 8.57. The number of hydrogen-bond donors (Lipinski definition) is 1. The molecule has 0 fully saturated rings. The van der Waals surface area contributed by atoms with Crippen LogP contribution < -0.4 is 0 Å². The average Bonchev–Trinajstić information content (AvgIpc) is 2.24. The first-order chi connectivity index (χ1) is 6.65. The maximum atomic E-state index is 10.9. The minimum absolute atomic E-state index is 0.109. The van der Waals surface area contributed by atoms with E-state index in [4.69, 9.17) is 0 Å². The third-order valence-corrected chi connectivity index (χ3v) is 1.63. The molecule has 0 amide bonds. The molecule has 3 heteroatoms. The summed E-state index contributed by atoms with van der Waals surface area (Å²) in [4.78, 5) is 10.9. The van der Waals surface area contributed by atoms with Gasteiger partial charge in [-0.1, -0.05) is 19.9 Å². The van der Waals surface area contributed by atoms with Crippen LogP contribution in [-0.2, 0) is 4.74 Å². The third-order valence-electron chi connectivity index (χ3n) is 1.63. The number of carbonyl (C=O) groups is 1. The zero-order valence-corrected chi connectivity index (χ0v) is 9.00. The number of aromatic hydroxyl groups is 1. The smallest absolute Gasteiger partial charge is 0.337 e. The Morgan fingerprint density at radius 2 is 1.93 bits per heavy atom. The van der Waals surface area contributed by atoms with E-state index in [-0.39, 0.29) is 5.75 Å². The van der Waals surface area contributed by atoms with E-state index in [2.05, 4.69) is 4.74 Å². The van der Waals surface area contributed by atoms with Crippen molar-refractivity contribution < 1.29 is 14.6 Å². The Morgan fingerprint density at radius 1 is 1.36 bits per heavy atom. The molecular formula is C11H16O3. The van der Waals surface area contributed by atoms with Crippen molar-refractivity contribution in [2.45, 2.75) is 20.8 Å². The molecule has 3 nitrogen and oxygen atoms in total. The van der Waals surface area contributed by atoms with Gasteiger partial charge in [-0.05, 0) is 24.6 Å². The van der Waals surface area contributed by atoms with E-state index in [0.29, 0.717) is 5.56 Å². The molecule has 0 radical (unpaired) electrons. The highest BCUT2D eigenvalue weighted by Crippen LogP contribution is 2.17. The standard InChI is InChI=1S/C9H10O3.C2H6/c1-6-3-4-7(5-8(6)10)9(11)12-2;1-2/h3-5,10H,1-2H3;1-2H3. The Morgan fingerprint density at radius 3 is 2.36 bits per heavy atom. The number of carbonyl (C=O) groups excluding carboxylic acids is 1. The van der Waals surface area contributed by atoms with Crippen molar-refractivity contribution >= 4 is 5.97 Å². The molecule has 0 unspecified atom stereocenters. The minimum Gasteiger partial charge on any atom is -0.508 e. The van der Waals surface area contributed by atoms with Crippen molar-refractivity contribution in [1.82, 2.24) is 0 Å². The van der Waals surface area contributed by atoms with Crippen molar-refractivity contribution in [1.29, 1.82) is 0 Å². The zero-order valence-electron chi connectivity index (χ0n) is 9.00. The van der Waals surface area contributed by atoms with Crippen molar-refractivity contribution in [3.05, 3.63) is 29.3 Å². The molecule has 0 bridgehead atoms. The van der Waals surface area contributed by atoms with Gasteiger partial charge in [-0.15, -0.1) is 0 Å². The van der Waals surface area contributed by atoms with Crippen LogP contribution in [0.2, 0.25) is 0 Å². The molecule has 0 saturated heterocycles. The third kappa shape index (κ3) is 3.09. The molecule has 1 N–H and O–H groups in total. The van der Waals surface area contributed by atoms with Gasteiger partial charge in [0, 0.05) is 0 Å². The van der Waals surface area contributed by atoms with Gasteiger partial charge in [-0.3, -0.25) is 0 Å². The second-order valence-electron chi connectivity index (χ2n) is 2.49. The first kappa shape index (κ1) is 12.5. The summed E-state index contributed by atoms with van der Waals surface area (Å²) in [6.07, 6.45) is 0. The van der Waals surface area contributed by atoms with E-state index in [0.717, 1.165) is 5.56 Å². The van der Waals surface area contributed by atoms with Crippen LogP contribution >= 0.6 is 0 Å². The molecule has 0 spiro atoms. The van der Waals surface area contributed by atoms with Crippen LogP contribution in [0.3, 0.4) is 0 Å². The lowest BCUT2D eigenvalue weighted by Gasteiger charge is -2.01. The van der Waals surface area contributed by atoms with Gasteiger partial charge in [0.1, 0.15) is 5.75 Å². The average molecular weight is 196 g/mol. The van der Waals surface area contributed by atoms with E-state index in [9.17, 15) is 9.90 Å². The fraction of sp³-hybridized carbons (Fsp3) is 0.364. The van der Waals surface area contributed by atoms with Crippen molar-refractivity contribution in [3.8, 4) is 5.75 Å². The van der Waals surface area contributed by atoms with Gasteiger partial charge in [0.15, 0.2) is 0 Å². The SMILES string of the molecule is CC.COC(=O)c1ccc(C)c(O)c1. The summed E-state index contributed by atoms with van der Waals surface area (Å²) in [6.45, 7) is 5.76. The van der Waals surface area contributed by atoms with Gasteiger partial charge in [0.25, 0.3) is 0 Å². The number of ether oxygens (including phenoxy) is 1.